The fourth-order valence-corrected chi connectivity index (χ4v) is 5.02. The van der Waals surface area contributed by atoms with Crippen molar-refractivity contribution in [1.29, 1.82) is 0 Å². The number of H-pyrrole nitrogens is 1. The Morgan fingerprint density at radius 3 is 2.61 bits per heavy atom. The third kappa shape index (κ3) is 7.93. The van der Waals surface area contributed by atoms with Gasteiger partial charge in [-0.2, -0.15) is 4.98 Å². The predicted molar refractivity (Wildman–Crippen MR) is 165 cm³/mol. The van der Waals surface area contributed by atoms with Gasteiger partial charge in [-0.25, -0.2) is 9.18 Å². The lowest BCUT2D eigenvalue weighted by Gasteiger charge is -2.16. The maximum absolute atomic E-state index is 15.1. The molecule has 0 fully saturated rings. The number of hydrogen-bond donors (Lipinski definition) is 5. The van der Waals surface area contributed by atoms with E-state index in [0.717, 1.165) is 43.2 Å². The zero-order valence-corrected chi connectivity index (χ0v) is 24.2. The number of guanidine groups is 1. The van der Waals surface area contributed by atoms with E-state index in [2.05, 4.69) is 27.2 Å². The van der Waals surface area contributed by atoms with Crippen molar-refractivity contribution in [1.82, 2.24) is 19.9 Å². The normalized spacial score (nSPS) is 12.9. The van der Waals surface area contributed by atoms with Crippen molar-refractivity contribution < 1.29 is 4.39 Å². The Morgan fingerprint density at radius 1 is 1.17 bits per heavy atom. The van der Waals surface area contributed by atoms with Crippen molar-refractivity contribution >= 4 is 28.6 Å². The first-order valence-corrected chi connectivity index (χ1v) is 14.3. The molecule has 0 spiro atoms. The van der Waals surface area contributed by atoms with Crippen LogP contribution in [0, 0.1) is 5.82 Å². The summed E-state index contributed by atoms with van der Waals surface area (Å²) in [5.41, 5.74) is 20.1. The summed E-state index contributed by atoms with van der Waals surface area (Å²) in [4.78, 5) is 24.3. The number of halogens is 2. The third-order valence-electron chi connectivity index (χ3n) is 7.09. The number of aromatic nitrogens is 3. The number of rotatable bonds is 13. The van der Waals surface area contributed by atoms with E-state index in [1.165, 1.54) is 4.57 Å². The van der Waals surface area contributed by atoms with Crippen molar-refractivity contribution in [2.45, 2.75) is 64.6 Å². The maximum atomic E-state index is 15.1. The van der Waals surface area contributed by atoms with Crippen LogP contribution >= 0.6 is 11.6 Å². The van der Waals surface area contributed by atoms with Crippen LogP contribution in [0.15, 0.2) is 58.4 Å². The Bertz CT molecular complexity index is 1560. The first-order chi connectivity index (χ1) is 19.6. The minimum Gasteiger partial charge on any atom is -0.370 e. The topological polar surface area (TPSA) is 153 Å². The second kappa shape index (κ2) is 13.8. The molecule has 0 aliphatic rings. The fourth-order valence-electron chi connectivity index (χ4n) is 4.77. The van der Waals surface area contributed by atoms with Crippen molar-refractivity contribution in [3.63, 3.8) is 0 Å². The molecule has 0 saturated heterocycles. The first-order valence-electron chi connectivity index (χ1n) is 13.9. The van der Waals surface area contributed by atoms with Crippen LogP contribution < -0.4 is 28.2 Å². The SMILES string of the molecule is CCC(CCN=C(N)N)NCc1ccc(-n2cc3cc(-c4cc(CCCC(C)N)cc(Cl)c4F)[nH]c3nc2=O)cc1. The standard InChI is InChI=1S/C30H38ClFN8O/c1-3-22(11-12-36-29(34)35)37-16-19-7-9-23(10-8-19)40-17-21-15-26(38-28(21)39-30(40)41)24-13-20(6-4-5-18(2)33)14-25(31)27(24)32/h7-10,13-15,17-18,22,37H,3-6,11-12,16,33H2,1-2H3,(H4,34,35,36)(H,38,39,41). The van der Waals surface area contributed by atoms with Gasteiger partial charge in [0.1, 0.15) is 5.65 Å². The molecule has 2 heterocycles. The highest BCUT2D eigenvalue weighted by Gasteiger charge is 2.16. The number of aromatic amines is 1. The molecule has 0 aliphatic carbocycles. The minimum absolute atomic E-state index is 0.0538. The van der Waals surface area contributed by atoms with Gasteiger partial charge >= 0.3 is 5.69 Å². The number of aliphatic imine (C=N–C) groups is 1. The Hall–Kier alpha value is -3.73. The Kier molecular flexibility index (Phi) is 10.1. The zero-order valence-electron chi connectivity index (χ0n) is 23.5. The van der Waals surface area contributed by atoms with Crippen LogP contribution in [0.1, 0.15) is 50.7 Å². The molecule has 4 rings (SSSR count). The zero-order chi connectivity index (χ0) is 29.5. The average Bonchev–Trinajstić information content (AvgIpc) is 3.34. The molecule has 218 valence electrons. The van der Waals surface area contributed by atoms with Crippen LogP contribution in [-0.4, -0.2) is 39.1 Å². The van der Waals surface area contributed by atoms with Gasteiger partial charge in [-0.05, 0) is 80.5 Å². The molecule has 2 unspecified atom stereocenters. The highest BCUT2D eigenvalue weighted by molar-refractivity contribution is 6.31. The molecule has 0 aliphatic heterocycles. The van der Waals surface area contributed by atoms with E-state index in [4.69, 9.17) is 28.8 Å². The summed E-state index contributed by atoms with van der Waals surface area (Å²) >= 11 is 6.23. The molecule has 0 saturated carbocycles. The lowest BCUT2D eigenvalue weighted by molar-refractivity contribution is 0.472. The predicted octanol–water partition coefficient (Wildman–Crippen LogP) is 4.37. The summed E-state index contributed by atoms with van der Waals surface area (Å²) < 4.78 is 16.5. The lowest BCUT2D eigenvalue weighted by Crippen LogP contribution is -2.29. The van der Waals surface area contributed by atoms with Crippen LogP contribution in [0.2, 0.25) is 5.02 Å². The quantitative estimate of drug-likeness (QED) is 0.117. The molecule has 0 radical (unpaired) electrons. The molecular weight excluding hydrogens is 543 g/mol. The van der Waals surface area contributed by atoms with Crippen molar-refractivity contribution in [3.8, 4) is 16.9 Å². The molecule has 9 nitrogen and oxygen atoms in total. The van der Waals surface area contributed by atoms with Gasteiger partial charge in [0.25, 0.3) is 0 Å². The third-order valence-corrected chi connectivity index (χ3v) is 7.36. The summed E-state index contributed by atoms with van der Waals surface area (Å²) in [6, 6.07) is 13.3. The molecule has 0 bridgehead atoms. The number of fused-ring (bicyclic) bond motifs is 1. The van der Waals surface area contributed by atoms with Crippen molar-refractivity contribution in [3.05, 3.63) is 81.1 Å². The summed E-state index contributed by atoms with van der Waals surface area (Å²) in [6.45, 7) is 5.32. The fraction of sp³-hybridized carbons (Fsp3) is 0.367. The number of benzene rings is 2. The van der Waals surface area contributed by atoms with Gasteiger partial charge in [-0.3, -0.25) is 9.56 Å². The Morgan fingerprint density at radius 2 is 1.93 bits per heavy atom. The molecule has 2 atom stereocenters. The van der Waals surface area contributed by atoms with Crippen LogP contribution in [0.25, 0.3) is 28.0 Å². The van der Waals surface area contributed by atoms with E-state index in [1.54, 1.807) is 24.4 Å². The van der Waals surface area contributed by atoms with E-state index < -0.39 is 11.5 Å². The van der Waals surface area contributed by atoms with E-state index in [-0.39, 0.29) is 23.1 Å². The van der Waals surface area contributed by atoms with E-state index in [0.29, 0.717) is 41.1 Å². The molecular formula is C30H38ClFN8O. The first kappa shape index (κ1) is 30.2. The van der Waals surface area contributed by atoms with Gasteiger partial charge in [0, 0.05) is 42.3 Å². The number of nitrogens with zero attached hydrogens (tertiary/aromatic N) is 3. The lowest BCUT2D eigenvalue weighted by atomic mass is 10.0. The number of hydrogen-bond acceptors (Lipinski definition) is 5. The largest absolute Gasteiger partial charge is 0.370 e. The smallest absolute Gasteiger partial charge is 0.354 e. The molecule has 2 aromatic heterocycles. The van der Waals surface area contributed by atoms with Crippen LogP contribution in [0.4, 0.5) is 4.39 Å². The second-order valence-electron chi connectivity index (χ2n) is 10.4. The Balaban J connectivity index is 1.52. The molecule has 41 heavy (non-hydrogen) atoms. The number of aryl methyl sites for hydroxylation is 1. The minimum atomic E-state index is -0.518. The Labute approximate surface area is 244 Å². The summed E-state index contributed by atoms with van der Waals surface area (Å²) in [5.74, 6) is -0.418. The van der Waals surface area contributed by atoms with E-state index >= 15 is 4.39 Å². The molecule has 4 aromatic rings. The van der Waals surface area contributed by atoms with Crippen LogP contribution in [-0.2, 0) is 13.0 Å². The highest BCUT2D eigenvalue weighted by atomic mass is 35.5. The van der Waals surface area contributed by atoms with Crippen molar-refractivity contribution in [2.24, 2.45) is 22.2 Å². The van der Waals surface area contributed by atoms with Crippen LogP contribution in [0.3, 0.4) is 0 Å². The summed E-state index contributed by atoms with van der Waals surface area (Å²) in [5, 5.41) is 4.25. The molecule has 11 heteroatoms. The number of nitrogens with one attached hydrogen (secondary N) is 2. The van der Waals surface area contributed by atoms with E-state index in [1.807, 2.05) is 31.2 Å². The van der Waals surface area contributed by atoms with Gasteiger partial charge in [-0.15, -0.1) is 0 Å². The van der Waals surface area contributed by atoms with Gasteiger partial charge in [0.2, 0.25) is 0 Å². The van der Waals surface area contributed by atoms with Gasteiger partial charge < -0.3 is 27.5 Å². The maximum Gasteiger partial charge on any atom is 0.354 e. The highest BCUT2D eigenvalue weighted by Crippen LogP contribution is 2.31. The summed E-state index contributed by atoms with van der Waals surface area (Å²) in [6.07, 6.45) is 5.97. The molecule has 0 amide bonds. The van der Waals surface area contributed by atoms with Gasteiger partial charge in [0.05, 0.1) is 16.4 Å². The van der Waals surface area contributed by atoms with Crippen molar-refractivity contribution in [2.75, 3.05) is 6.54 Å². The monoisotopic (exact) mass is 580 g/mol. The molecule has 8 N–H and O–H groups in total. The van der Waals surface area contributed by atoms with Gasteiger partial charge in [0.15, 0.2) is 11.8 Å². The number of nitrogens with two attached hydrogens (primary N) is 3. The van der Waals surface area contributed by atoms with Gasteiger partial charge in [-0.1, -0.05) is 30.7 Å². The van der Waals surface area contributed by atoms with E-state index in [9.17, 15) is 4.79 Å². The molecule has 2 aromatic carbocycles. The average molecular weight is 581 g/mol. The second-order valence-corrected chi connectivity index (χ2v) is 10.8. The van der Waals surface area contributed by atoms with Crippen LogP contribution in [0.5, 0.6) is 0 Å². The summed E-state index contributed by atoms with van der Waals surface area (Å²) in [7, 11) is 0.